The molecule has 120 valence electrons. The summed E-state index contributed by atoms with van der Waals surface area (Å²) in [5, 5.41) is 6.50. The minimum absolute atomic E-state index is 0.133. The van der Waals surface area contributed by atoms with E-state index in [0.717, 1.165) is 24.4 Å². The van der Waals surface area contributed by atoms with Crippen LogP contribution >= 0.6 is 0 Å². The molecule has 22 heavy (non-hydrogen) atoms. The van der Waals surface area contributed by atoms with Gasteiger partial charge in [0.05, 0.1) is 0 Å². The van der Waals surface area contributed by atoms with Crippen molar-refractivity contribution in [2.24, 2.45) is 4.99 Å². The zero-order valence-corrected chi connectivity index (χ0v) is 13.1. The Morgan fingerprint density at radius 3 is 2.82 bits per heavy atom. The summed E-state index contributed by atoms with van der Waals surface area (Å²) >= 11 is 0. The number of hydrogen-bond acceptors (Lipinski definition) is 2. The fourth-order valence-corrected chi connectivity index (χ4v) is 2.79. The minimum Gasteiger partial charge on any atom is -0.381 e. The van der Waals surface area contributed by atoms with Crippen molar-refractivity contribution in [3.63, 3.8) is 0 Å². The van der Waals surface area contributed by atoms with Gasteiger partial charge in [-0.3, -0.25) is 4.99 Å². The van der Waals surface area contributed by atoms with Gasteiger partial charge in [-0.15, -0.1) is 6.58 Å². The second-order valence-electron chi connectivity index (χ2n) is 5.50. The van der Waals surface area contributed by atoms with Crippen LogP contribution < -0.4 is 10.6 Å². The lowest BCUT2D eigenvalue weighted by molar-refractivity contribution is 0.0513. The van der Waals surface area contributed by atoms with Crippen LogP contribution in [-0.2, 0) is 10.2 Å². The van der Waals surface area contributed by atoms with E-state index in [2.05, 4.69) is 22.2 Å². The first-order chi connectivity index (χ1) is 10.7. The van der Waals surface area contributed by atoms with Gasteiger partial charge in [0.15, 0.2) is 5.96 Å². The molecule has 4 nitrogen and oxygen atoms in total. The monoisotopic (exact) mass is 305 g/mol. The number of rotatable bonds is 5. The SMILES string of the molecule is C=CCNC(=NC)NCC1(c2cccc(F)c2)CCOCC1. The average molecular weight is 305 g/mol. The summed E-state index contributed by atoms with van der Waals surface area (Å²) in [7, 11) is 1.73. The van der Waals surface area contributed by atoms with E-state index >= 15 is 0 Å². The largest absolute Gasteiger partial charge is 0.381 e. The minimum atomic E-state index is -0.197. The molecule has 0 aliphatic carbocycles. The van der Waals surface area contributed by atoms with Crippen molar-refractivity contribution < 1.29 is 9.13 Å². The molecule has 2 N–H and O–H groups in total. The summed E-state index contributed by atoms with van der Waals surface area (Å²) in [4.78, 5) is 4.19. The molecule has 0 bridgehead atoms. The van der Waals surface area contributed by atoms with Gasteiger partial charge in [-0.25, -0.2) is 4.39 Å². The highest BCUT2D eigenvalue weighted by Gasteiger charge is 2.34. The van der Waals surface area contributed by atoms with Crippen LogP contribution in [0.5, 0.6) is 0 Å². The summed E-state index contributed by atoms with van der Waals surface area (Å²) in [5.41, 5.74) is 0.883. The van der Waals surface area contributed by atoms with Gasteiger partial charge < -0.3 is 15.4 Å². The molecule has 1 saturated heterocycles. The van der Waals surface area contributed by atoms with Crippen LogP contribution in [0.2, 0.25) is 0 Å². The normalized spacial score (nSPS) is 17.8. The number of guanidine groups is 1. The first kappa shape index (κ1) is 16.5. The quantitative estimate of drug-likeness (QED) is 0.498. The molecule has 0 aromatic heterocycles. The van der Waals surface area contributed by atoms with Gasteiger partial charge >= 0.3 is 0 Å². The molecule has 0 unspecified atom stereocenters. The Balaban J connectivity index is 2.14. The van der Waals surface area contributed by atoms with Gasteiger partial charge in [0.25, 0.3) is 0 Å². The van der Waals surface area contributed by atoms with Crippen molar-refractivity contribution in [1.29, 1.82) is 0 Å². The fourth-order valence-electron chi connectivity index (χ4n) is 2.79. The smallest absolute Gasteiger partial charge is 0.191 e. The van der Waals surface area contributed by atoms with Crippen molar-refractivity contribution in [3.05, 3.63) is 48.3 Å². The van der Waals surface area contributed by atoms with Crippen molar-refractivity contribution in [2.45, 2.75) is 18.3 Å². The zero-order valence-electron chi connectivity index (χ0n) is 13.1. The van der Waals surface area contributed by atoms with Crippen LogP contribution in [0.15, 0.2) is 41.9 Å². The summed E-state index contributed by atoms with van der Waals surface area (Å²) in [6.07, 6.45) is 3.51. The van der Waals surface area contributed by atoms with Crippen LogP contribution in [0.1, 0.15) is 18.4 Å². The third kappa shape index (κ3) is 4.07. The molecule has 1 aliphatic heterocycles. The van der Waals surface area contributed by atoms with E-state index in [-0.39, 0.29) is 11.2 Å². The molecular weight excluding hydrogens is 281 g/mol. The van der Waals surface area contributed by atoms with Gasteiger partial charge in [-0.1, -0.05) is 18.2 Å². The van der Waals surface area contributed by atoms with Gasteiger partial charge in [0.2, 0.25) is 0 Å². The summed E-state index contributed by atoms with van der Waals surface area (Å²) in [6.45, 7) is 6.41. The van der Waals surface area contributed by atoms with Gasteiger partial charge in [-0.2, -0.15) is 0 Å². The van der Waals surface area contributed by atoms with E-state index in [1.807, 2.05) is 6.07 Å². The molecule has 2 rings (SSSR count). The molecule has 5 heteroatoms. The van der Waals surface area contributed by atoms with E-state index in [1.165, 1.54) is 6.07 Å². The van der Waals surface area contributed by atoms with Crippen LogP contribution in [0.3, 0.4) is 0 Å². The van der Waals surface area contributed by atoms with Crippen molar-refractivity contribution in [3.8, 4) is 0 Å². The van der Waals surface area contributed by atoms with E-state index in [9.17, 15) is 4.39 Å². The Hall–Kier alpha value is -1.88. The third-order valence-corrected chi connectivity index (χ3v) is 4.12. The fraction of sp³-hybridized carbons (Fsp3) is 0.471. The van der Waals surface area contributed by atoms with Gasteiger partial charge in [0, 0.05) is 38.8 Å². The first-order valence-electron chi connectivity index (χ1n) is 7.59. The number of benzene rings is 1. The molecule has 0 saturated carbocycles. The third-order valence-electron chi connectivity index (χ3n) is 4.12. The van der Waals surface area contributed by atoms with Crippen molar-refractivity contribution in [2.75, 3.05) is 33.4 Å². The number of ether oxygens (including phenoxy) is 1. The number of nitrogens with one attached hydrogen (secondary N) is 2. The maximum absolute atomic E-state index is 13.6. The van der Waals surface area contributed by atoms with E-state index in [0.29, 0.717) is 26.3 Å². The Morgan fingerprint density at radius 2 is 2.18 bits per heavy atom. The molecule has 1 aliphatic rings. The second kappa shape index (κ2) is 7.94. The Morgan fingerprint density at radius 1 is 1.41 bits per heavy atom. The lowest BCUT2D eigenvalue weighted by Gasteiger charge is -2.38. The van der Waals surface area contributed by atoms with Crippen LogP contribution in [0, 0.1) is 5.82 Å². The molecule has 1 heterocycles. The highest BCUT2D eigenvalue weighted by Crippen LogP contribution is 2.34. The molecule has 0 amide bonds. The second-order valence-corrected chi connectivity index (χ2v) is 5.50. The lowest BCUT2D eigenvalue weighted by atomic mass is 9.74. The van der Waals surface area contributed by atoms with E-state index < -0.39 is 0 Å². The molecule has 1 aromatic rings. The highest BCUT2D eigenvalue weighted by atomic mass is 19.1. The predicted octanol–water partition coefficient (Wildman–Crippen LogP) is 2.22. The highest BCUT2D eigenvalue weighted by molar-refractivity contribution is 5.79. The van der Waals surface area contributed by atoms with Gasteiger partial charge in [0.1, 0.15) is 5.82 Å². The molecule has 0 radical (unpaired) electrons. The van der Waals surface area contributed by atoms with Crippen molar-refractivity contribution in [1.82, 2.24) is 10.6 Å². The molecule has 1 fully saturated rings. The molecule has 0 spiro atoms. The molecular formula is C17H24FN3O. The number of nitrogens with zero attached hydrogens (tertiary/aromatic N) is 1. The Bertz CT molecular complexity index is 524. The summed E-state index contributed by atoms with van der Waals surface area (Å²) < 4.78 is 19.1. The summed E-state index contributed by atoms with van der Waals surface area (Å²) in [5.74, 6) is 0.528. The average Bonchev–Trinajstić information content (AvgIpc) is 2.56. The first-order valence-corrected chi connectivity index (χ1v) is 7.59. The summed E-state index contributed by atoms with van der Waals surface area (Å²) in [6, 6.07) is 6.88. The number of hydrogen-bond donors (Lipinski definition) is 2. The number of halogens is 1. The van der Waals surface area contributed by atoms with E-state index in [4.69, 9.17) is 4.74 Å². The van der Waals surface area contributed by atoms with Crippen LogP contribution in [-0.4, -0.2) is 39.3 Å². The maximum Gasteiger partial charge on any atom is 0.191 e. The van der Waals surface area contributed by atoms with E-state index in [1.54, 1.807) is 25.3 Å². The topological polar surface area (TPSA) is 45.7 Å². The van der Waals surface area contributed by atoms with Crippen LogP contribution in [0.25, 0.3) is 0 Å². The van der Waals surface area contributed by atoms with Crippen LogP contribution in [0.4, 0.5) is 4.39 Å². The Labute approximate surface area is 131 Å². The molecule has 0 atom stereocenters. The number of aliphatic imine (C=N–C) groups is 1. The predicted molar refractivity (Wildman–Crippen MR) is 87.7 cm³/mol. The molecule has 1 aromatic carbocycles. The standard InChI is InChI=1S/C17H24FN3O/c1-3-9-20-16(19-2)21-13-17(7-10-22-11-8-17)14-5-4-6-15(18)12-14/h3-6,12H,1,7-11,13H2,2H3,(H2,19,20,21). The van der Waals surface area contributed by atoms with Gasteiger partial charge in [-0.05, 0) is 30.5 Å². The lowest BCUT2D eigenvalue weighted by Crippen LogP contribution is -2.48. The van der Waals surface area contributed by atoms with Crippen molar-refractivity contribution >= 4 is 5.96 Å². The zero-order chi connectivity index (χ0) is 15.8. The maximum atomic E-state index is 13.6. The Kier molecular flexibility index (Phi) is 5.95.